The number of amides is 2. The molecule has 144 valence electrons. The zero-order valence-electron chi connectivity index (χ0n) is 15.2. The van der Waals surface area contributed by atoms with E-state index in [2.05, 4.69) is 15.6 Å². The molecular weight excluding hydrogens is 368 g/mol. The first-order valence-corrected chi connectivity index (χ1v) is 10.1. The highest BCUT2D eigenvalue weighted by atomic mass is 32.2. The number of nitrogens with one attached hydrogen (secondary N) is 2. The lowest BCUT2D eigenvalue weighted by molar-refractivity contribution is -0.125. The average Bonchev–Trinajstić information content (AvgIpc) is 3.09. The molecule has 1 aromatic carbocycles. The summed E-state index contributed by atoms with van der Waals surface area (Å²) in [6.07, 6.45) is 3.82. The minimum Gasteiger partial charge on any atom is -0.350 e. The summed E-state index contributed by atoms with van der Waals surface area (Å²) in [6.45, 7) is 3.58. The third-order valence-corrected chi connectivity index (χ3v) is 6.47. The number of carbonyl (C=O) groups is 2. The summed E-state index contributed by atoms with van der Waals surface area (Å²) in [6, 6.07) is 4.87. The number of sulfonamides is 1. The molecule has 0 bridgehead atoms. The quantitative estimate of drug-likeness (QED) is 0.775. The van der Waals surface area contributed by atoms with Gasteiger partial charge < -0.3 is 10.6 Å². The molecule has 2 N–H and O–H groups in total. The molecule has 2 amide bonds. The molecule has 1 saturated heterocycles. The van der Waals surface area contributed by atoms with Gasteiger partial charge in [0, 0.05) is 49.2 Å². The highest BCUT2D eigenvalue weighted by molar-refractivity contribution is 7.89. The summed E-state index contributed by atoms with van der Waals surface area (Å²) < 4.78 is 27.8. The second-order valence-corrected chi connectivity index (χ2v) is 8.54. The van der Waals surface area contributed by atoms with E-state index in [-0.39, 0.29) is 35.8 Å². The van der Waals surface area contributed by atoms with E-state index >= 15 is 0 Å². The minimum absolute atomic E-state index is 0.117. The molecule has 1 aliphatic rings. The van der Waals surface area contributed by atoms with Crippen molar-refractivity contribution < 1.29 is 18.0 Å². The Kier molecular flexibility index (Phi) is 5.43. The van der Waals surface area contributed by atoms with Crippen molar-refractivity contribution in [3.8, 4) is 0 Å². The van der Waals surface area contributed by atoms with Gasteiger partial charge in [-0.05, 0) is 25.0 Å². The highest BCUT2D eigenvalue weighted by Gasteiger charge is 2.34. The van der Waals surface area contributed by atoms with Crippen LogP contribution in [0.3, 0.4) is 0 Å². The van der Waals surface area contributed by atoms with Crippen LogP contribution < -0.4 is 10.6 Å². The van der Waals surface area contributed by atoms with E-state index in [1.807, 2.05) is 13.0 Å². The SMILES string of the molecule is CC(=O)NCC(=O)N[C@@H]1CCN(S(=O)(=O)c2cccc3cncc(C)c23)C1. The van der Waals surface area contributed by atoms with E-state index in [4.69, 9.17) is 0 Å². The maximum Gasteiger partial charge on any atom is 0.243 e. The van der Waals surface area contributed by atoms with Crippen LogP contribution in [0.15, 0.2) is 35.5 Å². The van der Waals surface area contributed by atoms with Gasteiger partial charge in [0.2, 0.25) is 21.8 Å². The molecule has 2 aromatic rings. The molecule has 0 unspecified atom stereocenters. The standard InChI is InChI=1S/C18H22N4O4S/c1-12-8-19-9-14-4-3-5-16(18(12)14)27(25,26)22-7-6-15(11-22)21-17(24)10-20-13(2)23/h3-5,8-9,15H,6-7,10-11H2,1-2H3,(H,20,23)(H,21,24)/t15-/m1/s1. The number of nitrogens with zero attached hydrogens (tertiary/aromatic N) is 2. The molecular formula is C18H22N4O4S. The van der Waals surface area contributed by atoms with E-state index in [9.17, 15) is 18.0 Å². The van der Waals surface area contributed by atoms with Gasteiger partial charge in [-0.25, -0.2) is 8.42 Å². The number of aryl methyl sites for hydroxylation is 1. The second-order valence-electron chi connectivity index (χ2n) is 6.64. The Morgan fingerprint density at radius 2 is 2.07 bits per heavy atom. The van der Waals surface area contributed by atoms with Gasteiger partial charge in [0.15, 0.2) is 0 Å². The van der Waals surface area contributed by atoms with Crippen LogP contribution in [0.4, 0.5) is 0 Å². The van der Waals surface area contributed by atoms with E-state index in [0.717, 1.165) is 10.9 Å². The van der Waals surface area contributed by atoms with E-state index < -0.39 is 10.0 Å². The number of aromatic nitrogens is 1. The Morgan fingerprint density at radius 1 is 1.30 bits per heavy atom. The van der Waals surface area contributed by atoms with Gasteiger partial charge >= 0.3 is 0 Å². The van der Waals surface area contributed by atoms with E-state index in [0.29, 0.717) is 18.4 Å². The van der Waals surface area contributed by atoms with Gasteiger partial charge in [-0.15, -0.1) is 0 Å². The molecule has 9 heteroatoms. The minimum atomic E-state index is -3.70. The maximum atomic E-state index is 13.2. The van der Waals surface area contributed by atoms with Gasteiger partial charge in [0.25, 0.3) is 0 Å². The van der Waals surface area contributed by atoms with Crippen LogP contribution >= 0.6 is 0 Å². The average molecular weight is 390 g/mol. The van der Waals surface area contributed by atoms with Gasteiger partial charge in [-0.3, -0.25) is 14.6 Å². The molecule has 2 heterocycles. The lowest BCUT2D eigenvalue weighted by atomic mass is 10.1. The Morgan fingerprint density at radius 3 is 2.81 bits per heavy atom. The summed E-state index contributed by atoms with van der Waals surface area (Å²) in [4.78, 5) is 27.1. The van der Waals surface area contributed by atoms with Crippen LogP contribution in [0.1, 0.15) is 18.9 Å². The Bertz CT molecular complexity index is 985. The van der Waals surface area contributed by atoms with Crippen LogP contribution in [-0.4, -0.2) is 55.2 Å². The molecule has 0 saturated carbocycles. The van der Waals surface area contributed by atoms with Crippen molar-refractivity contribution in [2.75, 3.05) is 19.6 Å². The molecule has 1 aliphatic heterocycles. The Balaban J connectivity index is 1.78. The first kappa shape index (κ1) is 19.2. The van der Waals surface area contributed by atoms with E-state index in [1.54, 1.807) is 24.5 Å². The summed E-state index contributed by atoms with van der Waals surface area (Å²) >= 11 is 0. The smallest absolute Gasteiger partial charge is 0.243 e. The van der Waals surface area contributed by atoms with Crippen molar-refractivity contribution >= 4 is 32.6 Å². The Hall–Kier alpha value is -2.52. The number of rotatable bonds is 5. The lowest BCUT2D eigenvalue weighted by Crippen LogP contribution is -2.43. The molecule has 0 radical (unpaired) electrons. The number of hydrogen-bond donors (Lipinski definition) is 2. The summed E-state index contributed by atoms with van der Waals surface area (Å²) in [7, 11) is -3.70. The lowest BCUT2D eigenvalue weighted by Gasteiger charge is -2.19. The van der Waals surface area contributed by atoms with Gasteiger partial charge in [-0.2, -0.15) is 4.31 Å². The molecule has 8 nitrogen and oxygen atoms in total. The molecule has 1 aromatic heterocycles. The largest absolute Gasteiger partial charge is 0.350 e. The third-order valence-electron chi connectivity index (χ3n) is 4.57. The van der Waals surface area contributed by atoms with Gasteiger partial charge in [-0.1, -0.05) is 12.1 Å². The normalized spacial score (nSPS) is 17.8. The topological polar surface area (TPSA) is 108 Å². The second kappa shape index (κ2) is 7.61. The molecule has 1 atom stereocenters. The van der Waals surface area contributed by atoms with Crippen molar-refractivity contribution in [3.63, 3.8) is 0 Å². The van der Waals surface area contributed by atoms with Crippen LogP contribution in [0.2, 0.25) is 0 Å². The summed E-state index contributed by atoms with van der Waals surface area (Å²) in [5, 5.41) is 6.64. The van der Waals surface area contributed by atoms with Crippen LogP contribution in [0.5, 0.6) is 0 Å². The predicted molar refractivity (Wildman–Crippen MR) is 100 cm³/mol. The molecule has 1 fully saturated rings. The third kappa shape index (κ3) is 4.09. The van der Waals surface area contributed by atoms with Gasteiger partial charge in [0.1, 0.15) is 0 Å². The highest BCUT2D eigenvalue weighted by Crippen LogP contribution is 2.29. The first-order valence-electron chi connectivity index (χ1n) is 8.66. The van der Waals surface area contributed by atoms with Crippen LogP contribution in [0.25, 0.3) is 10.8 Å². The van der Waals surface area contributed by atoms with E-state index in [1.165, 1.54) is 11.2 Å². The maximum absolute atomic E-state index is 13.2. The fourth-order valence-corrected chi connectivity index (χ4v) is 5.06. The van der Waals surface area contributed by atoms with Crippen LogP contribution in [0, 0.1) is 6.92 Å². The number of hydrogen-bond acceptors (Lipinski definition) is 5. The zero-order valence-corrected chi connectivity index (χ0v) is 16.0. The number of carbonyl (C=O) groups excluding carboxylic acids is 2. The summed E-state index contributed by atoms with van der Waals surface area (Å²) in [5.74, 6) is -0.622. The fourth-order valence-electron chi connectivity index (χ4n) is 3.27. The predicted octanol–water partition coefficient (Wildman–Crippen LogP) is 0.559. The first-order chi connectivity index (χ1) is 12.8. The summed E-state index contributed by atoms with van der Waals surface area (Å²) in [5.41, 5.74) is 0.797. The Labute approximate surface area is 158 Å². The molecule has 0 aliphatic carbocycles. The van der Waals surface area contributed by atoms with Gasteiger partial charge in [0.05, 0.1) is 11.4 Å². The van der Waals surface area contributed by atoms with Crippen molar-refractivity contribution in [2.24, 2.45) is 0 Å². The van der Waals surface area contributed by atoms with Crippen molar-refractivity contribution in [1.29, 1.82) is 0 Å². The molecule has 3 rings (SSSR count). The van der Waals surface area contributed by atoms with Crippen molar-refractivity contribution in [3.05, 3.63) is 36.2 Å². The number of pyridine rings is 1. The zero-order chi connectivity index (χ0) is 19.6. The monoisotopic (exact) mass is 390 g/mol. The fraction of sp³-hybridized carbons (Fsp3) is 0.389. The van der Waals surface area contributed by atoms with Crippen molar-refractivity contribution in [1.82, 2.24) is 19.9 Å². The molecule has 0 spiro atoms. The number of benzene rings is 1. The van der Waals surface area contributed by atoms with Crippen LogP contribution in [-0.2, 0) is 19.6 Å². The number of fused-ring (bicyclic) bond motifs is 1. The van der Waals surface area contributed by atoms with Crippen molar-refractivity contribution in [2.45, 2.75) is 31.2 Å². The molecule has 27 heavy (non-hydrogen) atoms.